The second-order valence-corrected chi connectivity index (χ2v) is 8.95. The largest absolute Gasteiger partial charge is 0.494 e. The van der Waals surface area contributed by atoms with Crippen LogP contribution in [0.4, 0.5) is 5.00 Å². The van der Waals surface area contributed by atoms with Gasteiger partial charge in [-0.25, -0.2) is 4.79 Å². The SMILES string of the molecule is CCCOc1ccc(C=C(C#N)C(=O)Nc2sc(C)c(-c3ccc(OCC)cc3)c2C(=O)OC)cc1. The minimum Gasteiger partial charge on any atom is -0.494 e. The predicted octanol–water partition coefficient (Wildman–Crippen LogP) is 6.24. The number of ether oxygens (including phenoxy) is 3. The molecular formula is C28H28N2O5S. The monoisotopic (exact) mass is 504 g/mol. The van der Waals surface area contributed by atoms with Crippen molar-refractivity contribution in [2.45, 2.75) is 27.2 Å². The van der Waals surface area contributed by atoms with Gasteiger partial charge >= 0.3 is 5.97 Å². The van der Waals surface area contributed by atoms with Gasteiger partial charge in [0, 0.05) is 10.4 Å². The summed E-state index contributed by atoms with van der Waals surface area (Å²) in [6, 6.07) is 16.4. The van der Waals surface area contributed by atoms with Gasteiger partial charge in [0.15, 0.2) is 0 Å². The van der Waals surface area contributed by atoms with E-state index < -0.39 is 11.9 Å². The lowest BCUT2D eigenvalue weighted by molar-refractivity contribution is -0.112. The number of nitrogens with zero attached hydrogens (tertiary/aromatic N) is 1. The molecule has 0 bridgehead atoms. The van der Waals surface area contributed by atoms with Gasteiger partial charge in [-0.1, -0.05) is 31.2 Å². The molecule has 186 valence electrons. The van der Waals surface area contributed by atoms with Crippen molar-refractivity contribution in [1.82, 2.24) is 0 Å². The number of aryl methyl sites for hydroxylation is 1. The number of rotatable bonds is 10. The van der Waals surface area contributed by atoms with Gasteiger partial charge < -0.3 is 19.5 Å². The summed E-state index contributed by atoms with van der Waals surface area (Å²) >= 11 is 1.25. The van der Waals surface area contributed by atoms with E-state index >= 15 is 0 Å². The smallest absolute Gasteiger partial charge is 0.341 e. The van der Waals surface area contributed by atoms with Gasteiger partial charge in [0.2, 0.25) is 0 Å². The standard InChI is InChI=1S/C28H28N2O5S/c1-5-15-35-23-11-7-19(8-12-23)16-21(17-29)26(31)30-27-25(28(32)33-4)24(18(3)36-27)20-9-13-22(14-10-20)34-6-2/h7-14,16H,5-6,15H2,1-4H3,(H,30,31). The molecule has 8 heteroatoms. The molecule has 7 nitrogen and oxygen atoms in total. The molecule has 1 heterocycles. The van der Waals surface area contributed by atoms with Gasteiger partial charge in [0.25, 0.3) is 5.91 Å². The highest BCUT2D eigenvalue weighted by molar-refractivity contribution is 7.17. The Kier molecular flexibility index (Phi) is 9.25. The average molecular weight is 505 g/mol. The van der Waals surface area contributed by atoms with E-state index in [-0.39, 0.29) is 11.1 Å². The van der Waals surface area contributed by atoms with Crippen LogP contribution in [0.2, 0.25) is 0 Å². The highest BCUT2D eigenvalue weighted by Crippen LogP contribution is 2.41. The average Bonchev–Trinajstić information content (AvgIpc) is 3.22. The van der Waals surface area contributed by atoms with E-state index in [9.17, 15) is 14.9 Å². The molecule has 2 aromatic carbocycles. The van der Waals surface area contributed by atoms with Gasteiger partial charge in [0.05, 0.1) is 20.3 Å². The first-order valence-electron chi connectivity index (χ1n) is 11.5. The Hall–Kier alpha value is -4.09. The normalized spacial score (nSPS) is 10.9. The fourth-order valence-corrected chi connectivity index (χ4v) is 4.59. The fraction of sp³-hybridized carbons (Fsp3) is 0.250. The minimum absolute atomic E-state index is 0.0956. The van der Waals surface area contributed by atoms with Crippen molar-refractivity contribution in [1.29, 1.82) is 5.26 Å². The molecule has 1 amide bonds. The zero-order valence-corrected chi connectivity index (χ0v) is 21.5. The molecule has 3 aromatic rings. The van der Waals surface area contributed by atoms with Crippen LogP contribution in [0.3, 0.4) is 0 Å². The molecule has 0 atom stereocenters. The molecular weight excluding hydrogens is 476 g/mol. The molecule has 0 spiro atoms. The van der Waals surface area contributed by atoms with Crippen LogP contribution in [-0.2, 0) is 9.53 Å². The van der Waals surface area contributed by atoms with Crippen molar-refractivity contribution in [2.24, 2.45) is 0 Å². The molecule has 3 rings (SSSR count). The number of methoxy groups -OCH3 is 1. The summed E-state index contributed by atoms with van der Waals surface area (Å²) in [7, 11) is 1.29. The van der Waals surface area contributed by atoms with Crippen molar-refractivity contribution >= 4 is 34.3 Å². The first-order chi connectivity index (χ1) is 17.4. The number of esters is 1. The third-order valence-corrected chi connectivity index (χ3v) is 6.20. The number of amides is 1. The van der Waals surface area contributed by atoms with Crippen LogP contribution in [0, 0.1) is 18.3 Å². The quantitative estimate of drug-likeness (QED) is 0.199. The Morgan fingerprint density at radius 2 is 1.67 bits per heavy atom. The number of thiophene rings is 1. The maximum absolute atomic E-state index is 13.0. The van der Waals surface area contributed by atoms with Crippen LogP contribution in [0.1, 0.15) is 41.1 Å². The number of benzene rings is 2. The van der Waals surface area contributed by atoms with Crippen molar-refractivity contribution in [3.05, 3.63) is 70.1 Å². The van der Waals surface area contributed by atoms with Gasteiger partial charge in [-0.05, 0) is 61.7 Å². The van der Waals surface area contributed by atoms with E-state index in [4.69, 9.17) is 14.2 Å². The maximum atomic E-state index is 13.0. The summed E-state index contributed by atoms with van der Waals surface area (Å²) in [6.07, 6.45) is 2.39. The van der Waals surface area contributed by atoms with Crippen molar-refractivity contribution in [3.8, 4) is 28.7 Å². The number of anilines is 1. The first-order valence-corrected chi connectivity index (χ1v) is 12.3. The molecule has 0 saturated carbocycles. The van der Waals surface area contributed by atoms with Crippen LogP contribution < -0.4 is 14.8 Å². The number of hydrogen-bond donors (Lipinski definition) is 1. The zero-order valence-electron chi connectivity index (χ0n) is 20.7. The molecule has 0 aliphatic heterocycles. The number of carbonyl (C=O) groups excluding carboxylic acids is 2. The number of carbonyl (C=O) groups is 2. The Morgan fingerprint density at radius 3 is 2.25 bits per heavy atom. The molecule has 0 saturated heterocycles. The number of nitriles is 1. The van der Waals surface area contributed by atoms with Crippen molar-refractivity contribution < 1.29 is 23.8 Å². The van der Waals surface area contributed by atoms with Crippen molar-refractivity contribution in [3.63, 3.8) is 0 Å². The highest BCUT2D eigenvalue weighted by atomic mass is 32.1. The van der Waals surface area contributed by atoms with Crippen LogP contribution in [-0.4, -0.2) is 32.2 Å². The molecule has 1 N–H and O–H groups in total. The highest BCUT2D eigenvalue weighted by Gasteiger charge is 2.26. The second-order valence-electron chi connectivity index (χ2n) is 7.73. The fourth-order valence-electron chi connectivity index (χ4n) is 3.53. The summed E-state index contributed by atoms with van der Waals surface area (Å²) in [4.78, 5) is 26.6. The Labute approximate surface area is 214 Å². The van der Waals surface area contributed by atoms with Crippen LogP contribution in [0.25, 0.3) is 17.2 Å². The van der Waals surface area contributed by atoms with E-state index in [2.05, 4.69) is 5.32 Å². The summed E-state index contributed by atoms with van der Waals surface area (Å²) in [6.45, 7) is 6.95. The third-order valence-electron chi connectivity index (χ3n) is 5.18. The van der Waals surface area contributed by atoms with E-state index in [0.29, 0.717) is 29.3 Å². The maximum Gasteiger partial charge on any atom is 0.341 e. The lowest BCUT2D eigenvalue weighted by atomic mass is 10.0. The summed E-state index contributed by atoms with van der Waals surface area (Å²) < 4.78 is 16.1. The van der Waals surface area contributed by atoms with Gasteiger partial charge in [0.1, 0.15) is 33.7 Å². The number of nitrogens with one attached hydrogen (secondary N) is 1. The molecule has 36 heavy (non-hydrogen) atoms. The molecule has 0 unspecified atom stereocenters. The zero-order chi connectivity index (χ0) is 26.1. The Bertz CT molecular complexity index is 1290. The van der Waals surface area contributed by atoms with Crippen LogP contribution >= 0.6 is 11.3 Å². The lowest BCUT2D eigenvalue weighted by Crippen LogP contribution is -2.15. The van der Waals surface area contributed by atoms with Gasteiger partial charge in [-0.2, -0.15) is 5.26 Å². The number of hydrogen-bond acceptors (Lipinski definition) is 7. The van der Waals surface area contributed by atoms with Crippen LogP contribution in [0.15, 0.2) is 54.1 Å². The summed E-state index contributed by atoms with van der Waals surface area (Å²) in [5.41, 5.74) is 2.27. The molecule has 0 aliphatic rings. The summed E-state index contributed by atoms with van der Waals surface area (Å²) in [5.74, 6) is 0.240. The summed E-state index contributed by atoms with van der Waals surface area (Å²) in [5, 5.41) is 12.7. The van der Waals surface area contributed by atoms with Gasteiger partial charge in [-0.15, -0.1) is 11.3 Å². The molecule has 0 radical (unpaired) electrons. The molecule has 1 aromatic heterocycles. The Balaban J connectivity index is 1.91. The van der Waals surface area contributed by atoms with E-state index in [1.807, 2.05) is 51.1 Å². The lowest BCUT2D eigenvalue weighted by Gasteiger charge is -2.09. The van der Waals surface area contributed by atoms with E-state index in [1.165, 1.54) is 24.5 Å². The first kappa shape index (κ1) is 26.5. The van der Waals surface area contributed by atoms with Gasteiger partial charge in [-0.3, -0.25) is 4.79 Å². The Morgan fingerprint density at radius 1 is 1.03 bits per heavy atom. The second kappa shape index (κ2) is 12.6. The van der Waals surface area contributed by atoms with Crippen LogP contribution in [0.5, 0.6) is 11.5 Å². The topological polar surface area (TPSA) is 97.6 Å². The third kappa shape index (κ3) is 6.32. The van der Waals surface area contributed by atoms with Crippen molar-refractivity contribution in [2.75, 3.05) is 25.6 Å². The predicted molar refractivity (Wildman–Crippen MR) is 141 cm³/mol. The molecule has 0 aliphatic carbocycles. The van der Waals surface area contributed by atoms with E-state index in [0.717, 1.165) is 28.4 Å². The molecule has 0 fully saturated rings. The minimum atomic E-state index is -0.617. The van der Waals surface area contributed by atoms with E-state index in [1.54, 1.807) is 24.3 Å².